The molecule has 0 amide bonds. The normalized spacial score (nSPS) is 11.2. The number of nitro benzene ring substituents is 1. The number of benzene rings is 3. The Labute approximate surface area is 185 Å². The van der Waals surface area contributed by atoms with Crippen LogP contribution in [0.5, 0.6) is 11.5 Å². The molecule has 0 fully saturated rings. The van der Waals surface area contributed by atoms with Crippen molar-refractivity contribution in [2.45, 2.75) is 0 Å². The van der Waals surface area contributed by atoms with Gasteiger partial charge in [0.15, 0.2) is 0 Å². The molecule has 0 saturated carbocycles. The van der Waals surface area contributed by atoms with Crippen molar-refractivity contribution in [1.29, 1.82) is 0 Å². The molecular formula is C25H21N3O4. The summed E-state index contributed by atoms with van der Waals surface area (Å²) in [4.78, 5) is 10.5. The van der Waals surface area contributed by atoms with E-state index in [1.54, 1.807) is 24.3 Å². The zero-order valence-electron chi connectivity index (χ0n) is 17.3. The van der Waals surface area contributed by atoms with Crippen LogP contribution in [-0.2, 0) is 0 Å². The molecule has 0 unspecified atom stereocenters. The van der Waals surface area contributed by atoms with Gasteiger partial charge in [-0.05, 0) is 59.7 Å². The number of anilines is 1. The number of non-ortho nitro benzene ring substituents is 1. The Morgan fingerprint density at radius 2 is 1.38 bits per heavy atom. The third-order valence-electron chi connectivity index (χ3n) is 4.89. The number of nitrogens with zero attached hydrogens (tertiary/aromatic N) is 2. The van der Waals surface area contributed by atoms with Crippen LogP contribution in [0.2, 0.25) is 0 Å². The van der Waals surface area contributed by atoms with Crippen LogP contribution in [0.25, 0.3) is 11.1 Å². The quantitative estimate of drug-likeness (QED) is 0.214. The van der Waals surface area contributed by atoms with E-state index in [-0.39, 0.29) is 5.69 Å². The topological polar surface area (TPSA) is 86.0 Å². The second kappa shape index (κ2) is 9.18. The minimum atomic E-state index is -0.436. The minimum absolute atomic E-state index is 0.0211. The molecule has 4 rings (SSSR count). The van der Waals surface area contributed by atoms with Gasteiger partial charge in [0.1, 0.15) is 24.7 Å². The average Bonchev–Trinajstić information content (AvgIpc) is 3.12. The number of rotatable bonds is 9. The van der Waals surface area contributed by atoms with Crippen molar-refractivity contribution in [1.82, 2.24) is 0 Å². The molecule has 0 heterocycles. The zero-order chi connectivity index (χ0) is 22.5. The van der Waals surface area contributed by atoms with Gasteiger partial charge in [0.25, 0.3) is 5.69 Å². The van der Waals surface area contributed by atoms with Gasteiger partial charge in [0.05, 0.1) is 16.3 Å². The monoisotopic (exact) mass is 427 g/mol. The largest absolute Gasteiger partial charge is 0.490 e. The molecule has 7 nitrogen and oxygen atoms in total. The molecule has 0 spiro atoms. The van der Waals surface area contributed by atoms with Crippen molar-refractivity contribution >= 4 is 17.1 Å². The van der Waals surface area contributed by atoms with E-state index in [1.807, 2.05) is 36.4 Å². The molecular weight excluding hydrogens is 406 g/mol. The standard InChI is InChI=1S/C25H21N3O4/c1-3-13-31-19-9-11-21-22-12-10-20(32-14-4-2)16-24(22)25(23(21)15-19)27-26-17-5-7-18(8-6-17)28(29)30/h3-12,15-16,26H,1-2,13-14H2. The van der Waals surface area contributed by atoms with Gasteiger partial charge in [-0.1, -0.05) is 25.3 Å². The van der Waals surface area contributed by atoms with E-state index in [0.717, 1.165) is 28.0 Å². The van der Waals surface area contributed by atoms with Crippen molar-refractivity contribution < 1.29 is 14.4 Å². The molecule has 0 bridgehead atoms. The van der Waals surface area contributed by atoms with Crippen molar-refractivity contribution in [2.75, 3.05) is 18.6 Å². The number of hydrogen-bond acceptors (Lipinski definition) is 6. The number of hydrogen-bond donors (Lipinski definition) is 1. The Balaban J connectivity index is 1.73. The zero-order valence-corrected chi connectivity index (χ0v) is 17.3. The maximum absolute atomic E-state index is 10.9. The summed E-state index contributed by atoms with van der Waals surface area (Å²) in [6.45, 7) is 8.18. The average molecular weight is 427 g/mol. The first-order valence-electron chi connectivity index (χ1n) is 9.95. The fourth-order valence-electron chi connectivity index (χ4n) is 3.44. The third-order valence-corrected chi connectivity index (χ3v) is 4.89. The maximum atomic E-state index is 10.9. The van der Waals surface area contributed by atoms with Gasteiger partial charge in [0.2, 0.25) is 0 Å². The van der Waals surface area contributed by atoms with Crippen LogP contribution in [0.1, 0.15) is 11.1 Å². The number of nitrogens with one attached hydrogen (secondary N) is 1. The predicted molar refractivity (Wildman–Crippen MR) is 126 cm³/mol. The van der Waals surface area contributed by atoms with Gasteiger partial charge in [-0.15, -0.1) is 0 Å². The number of ether oxygens (including phenoxy) is 2. The van der Waals surface area contributed by atoms with Crippen LogP contribution in [0.4, 0.5) is 11.4 Å². The summed E-state index contributed by atoms with van der Waals surface area (Å²) >= 11 is 0. The lowest BCUT2D eigenvalue weighted by molar-refractivity contribution is -0.384. The summed E-state index contributed by atoms with van der Waals surface area (Å²) in [6, 6.07) is 17.8. The van der Waals surface area contributed by atoms with E-state index in [4.69, 9.17) is 9.47 Å². The molecule has 7 heteroatoms. The van der Waals surface area contributed by atoms with E-state index in [0.29, 0.717) is 30.4 Å². The highest BCUT2D eigenvalue weighted by molar-refractivity contribution is 6.25. The lowest BCUT2D eigenvalue weighted by Gasteiger charge is -2.08. The number of hydrazone groups is 1. The smallest absolute Gasteiger partial charge is 0.269 e. The Hall–Kier alpha value is -4.39. The summed E-state index contributed by atoms with van der Waals surface area (Å²) in [5, 5.41) is 15.5. The van der Waals surface area contributed by atoms with Gasteiger partial charge in [0, 0.05) is 23.3 Å². The molecule has 1 N–H and O–H groups in total. The molecule has 32 heavy (non-hydrogen) atoms. The molecule has 3 aromatic rings. The van der Waals surface area contributed by atoms with Crippen LogP contribution >= 0.6 is 0 Å². The van der Waals surface area contributed by atoms with E-state index < -0.39 is 4.92 Å². The summed E-state index contributed by atoms with van der Waals surface area (Å²) in [5.74, 6) is 1.42. The highest BCUT2D eigenvalue weighted by Crippen LogP contribution is 2.40. The molecule has 0 radical (unpaired) electrons. The van der Waals surface area contributed by atoms with Crippen LogP contribution < -0.4 is 14.9 Å². The van der Waals surface area contributed by atoms with Crippen LogP contribution in [-0.4, -0.2) is 23.8 Å². The first kappa shape index (κ1) is 20.9. The Kier molecular flexibility index (Phi) is 5.98. The van der Waals surface area contributed by atoms with E-state index >= 15 is 0 Å². The molecule has 3 aromatic carbocycles. The molecule has 0 atom stereocenters. The highest BCUT2D eigenvalue weighted by Gasteiger charge is 2.26. The second-order valence-electron chi connectivity index (χ2n) is 6.99. The molecule has 0 aromatic heterocycles. The summed E-state index contributed by atoms with van der Waals surface area (Å²) in [6.07, 6.45) is 3.38. The van der Waals surface area contributed by atoms with Crippen LogP contribution in [0, 0.1) is 10.1 Å². The summed E-state index contributed by atoms with van der Waals surface area (Å²) < 4.78 is 11.4. The number of fused-ring (bicyclic) bond motifs is 3. The first-order chi connectivity index (χ1) is 15.6. The van der Waals surface area contributed by atoms with E-state index in [9.17, 15) is 10.1 Å². The van der Waals surface area contributed by atoms with Gasteiger partial charge >= 0.3 is 0 Å². The van der Waals surface area contributed by atoms with Gasteiger partial charge in [-0.25, -0.2) is 0 Å². The molecule has 0 saturated heterocycles. The van der Waals surface area contributed by atoms with E-state index in [1.165, 1.54) is 12.1 Å². The Bertz CT molecular complexity index is 1150. The minimum Gasteiger partial charge on any atom is -0.490 e. The fourth-order valence-corrected chi connectivity index (χ4v) is 3.44. The number of nitro groups is 1. The first-order valence-corrected chi connectivity index (χ1v) is 9.95. The third kappa shape index (κ3) is 4.22. The Morgan fingerprint density at radius 1 is 0.844 bits per heavy atom. The van der Waals surface area contributed by atoms with E-state index in [2.05, 4.69) is 23.7 Å². The van der Waals surface area contributed by atoms with Crippen LogP contribution in [0.3, 0.4) is 0 Å². The lowest BCUT2D eigenvalue weighted by Crippen LogP contribution is -2.04. The molecule has 1 aliphatic rings. The molecule has 160 valence electrons. The van der Waals surface area contributed by atoms with Crippen molar-refractivity contribution in [3.8, 4) is 22.6 Å². The summed E-state index contributed by atoms with van der Waals surface area (Å²) in [5.41, 5.74) is 8.28. The van der Waals surface area contributed by atoms with Crippen molar-refractivity contribution in [3.05, 3.63) is 107 Å². The Morgan fingerprint density at radius 3 is 1.84 bits per heavy atom. The fraction of sp³-hybridized carbons (Fsp3) is 0.0800. The lowest BCUT2D eigenvalue weighted by atomic mass is 10.1. The summed E-state index contributed by atoms with van der Waals surface area (Å²) in [7, 11) is 0. The van der Waals surface area contributed by atoms with Gasteiger partial charge < -0.3 is 9.47 Å². The molecule has 1 aliphatic carbocycles. The highest BCUT2D eigenvalue weighted by atomic mass is 16.6. The SMILES string of the molecule is C=CCOc1ccc2c(c1)C(=NNc1ccc([N+](=O)[O-])cc1)c1cc(OCC=C)ccc1-2. The predicted octanol–water partition coefficient (Wildman–Crippen LogP) is 5.57. The van der Waals surface area contributed by atoms with Crippen molar-refractivity contribution in [2.24, 2.45) is 5.10 Å². The maximum Gasteiger partial charge on any atom is 0.269 e. The van der Waals surface area contributed by atoms with Gasteiger partial charge in [-0.3, -0.25) is 15.5 Å². The molecule has 0 aliphatic heterocycles. The van der Waals surface area contributed by atoms with Crippen LogP contribution in [0.15, 0.2) is 91.1 Å². The second-order valence-corrected chi connectivity index (χ2v) is 6.99. The van der Waals surface area contributed by atoms with Crippen molar-refractivity contribution in [3.63, 3.8) is 0 Å². The van der Waals surface area contributed by atoms with Gasteiger partial charge in [-0.2, -0.15) is 5.10 Å².